The summed E-state index contributed by atoms with van der Waals surface area (Å²) in [6.07, 6.45) is 0.917. The molecule has 0 saturated carbocycles. The van der Waals surface area contributed by atoms with Gasteiger partial charge in [-0.25, -0.2) is 4.79 Å². The van der Waals surface area contributed by atoms with Crippen molar-refractivity contribution >= 4 is 17.7 Å². The Balaban J connectivity index is 1.58. The van der Waals surface area contributed by atoms with Crippen molar-refractivity contribution in [3.63, 3.8) is 0 Å². The lowest BCUT2D eigenvalue weighted by atomic mass is 9.99. The maximum Gasteiger partial charge on any atom is 0.326 e. The fraction of sp³-hybridized carbons (Fsp3) is 0.160. The zero-order chi connectivity index (χ0) is 21.3. The Labute approximate surface area is 175 Å². The zero-order valence-electron chi connectivity index (χ0n) is 16.5. The van der Waals surface area contributed by atoms with Crippen molar-refractivity contribution in [2.75, 3.05) is 0 Å². The topological polar surface area (TPSA) is 83.5 Å². The summed E-state index contributed by atoms with van der Waals surface area (Å²) in [5.41, 5.74) is 2.89. The van der Waals surface area contributed by atoms with Crippen molar-refractivity contribution in [3.05, 3.63) is 107 Å². The van der Waals surface area contributed by atoms with E-state index >= 15 is 0 Å². The summed E-state index contributed by atoms with van der Waals surface area (Å²) in [5, 5.41) is 12.1. The Bertz CT molecular complexity index is 998. The van der Waals surface area contributed by atoms with E-state index in [-0.39, 0.29) is 24.5 Å². The second-order valence-electron chi connectivity index (χ2n) is 7.04. The van der Waals surface area contributed by atoms with Crippen LogP contribution in [0.1, 0.15) is 33.5 Å². The summed E-state index contributed by atoms with van der Waals surface area (Å²) < 4.78 is 0. The highest BCUT2D eigenvalue weighted by Gasteiger charge is 2.20. The molecule has 0 aliphatic carbocycles. The Kier molecular flexibility index (Phi) is 7.11. The highest BCUT2D eigenvalue weighted by Crippen LogP contribution is 2.13. The van der Waals surface area contributed by atoms with E-state index in [0.717, 1.165) is 11.1 Å². The summed E-state index contributed by atoms with van der Waals surface area (Å²) in [5.74, 6) is -1.49. The number of benzene rings is 3. The number of nitrogens with one attached hydrogen (secondary N) is 1. The maximum atomic E-state index is 12.5. The molecule has 2 N–H and O–H groups in total. The van der Waals surface area contributed by atoms with E-state index < -0.39 is 12.0 Å². The van der Waals surface area contributed by atoms with Crippen LogP contribution in [0.2, 0.25) is 0 Å². The van der Waals surface area contributed by atoms with Gasteiger partial charge in [-0.2, -0.15) is 0 Å². The third-order valence-corrected chi connectivity index (χ3v) is 4.81. The molecule has 1 atom stereocenters. The molecule has 3 aromatic carbocycles. The van der Waals surface area contributed by atoms with Crippen LogP contribution in [0.4, 0.5) is 0 Å². The van der Waals surface area contributed by atoms with Crippen LogP contribution >= 0.6 is 0 Å². The number of amides is 1. The fourth-order valence-corrected chi connectivity index (χ4v) is 3.15. The number of carbonyl (C=O) groups is 3. The van der Waals surface area contributed by atoms with Crippen LogP contribution in [-0.4, -0.2) is 28.8 Å². The van der Waals surface area contributed by atoms with Gasteiger partial charge in [-0.15, -0.1) is 0 Å². The molecule has 5 nitrogen and oxygen atoms in total. The first-order valence-electron chi connectivity index (χ1n) is 9.77. The van der Waals surface area contributed by atoms with Gasteiger partial charge in [0.1, 0.15) is 6.04 Å². The molecule has 0 bridgehead atoms. The lowest BCUT2D eigenvalue weighted by Gasteiger charge is -2.15. The van der Waals surface area contributed by atoms with Crippen molar-refractivity contribution in [1.82, 2.24) is 5.32 Å². The summed E-state index contributed by atoms with van der Waals surface area (Å²) in [4.78, 5) is 36.3. The van der Waals surface area contributed by atoms with E-state index in [2.05, 4.69) is 5.32 Å². The van der Waals surface area contributed by atoms with Gasteiger partial charge in [0, 0.05) is 24.0 Å². The molecule has 3 aromatic rings. The van der Waals surface area contributed by atoms with Gasteiger partial charge in [0.2, 0.25) is 5.91 Å². The molecule has 5 heteroatoms. The minimum atomic E-state index is -1.09. The second kappa shape index (κ2) is 10.2. The highest BCUT2D eigenvalue weighted by atomic mass is 16.4. The van der Waals surface area contributed by atoms with Crippen LogP contribution in [0, 0.1) is 0 Å². The van der Waals surface area contributed by atoms with Gasteiger partial charge in [0.05, 0.1) is 0 Å². The van der Waals surface area contributed by atoms with Crippen molar-refractivity contribution in [1.29, 1.82) is 0 Å². The van der Waals surface area contributed by atoms with Gasteiger partial charge < -0.3 is 10.4 Å². The van der Waals surface area contributed by atoms with Gasteiger partial charge in [-0.1, -0.05) is 84.9 Å². The number of carbonyl (C=O) groups excluding carboxylic acids is 2. The minimum absolute atomic E-state index is 0.0915. The number of ketones is 1. The largest absolute Gasteiger partial charge is 0.480 e. The third kappa shape index (κ3) is 5.88. The molecule has 0 spiro atoms. The first kappa shape index (κ1) is 21.0. The van der Waals surface area contributed by atoms with E-state index in [4.69, 9.17) is 0 Å². The van der Waals surface area contributed by atoms with Gasteiger partial charge in [0.15, 0.2) is 5.78 Å². The quantitative estimate of drug-likeness (QED) is 0.536. The maximum absolute atomic E-state index is 12.5. The average Bonchev–Trinajstić information content (AvgIpc) is 2.78. The van der Waals surface area contributed by atoms with Gasteiger partial charge in [0.25, 0.3) is 0 Å². The molecule has 30 heavy (non-hydrogen) atoms. The van der Waals surface area contributed by atoms with Crippen LogP contribution < -0.4 is 5.32 Å². The predicted octanol–water partition coefficient (Wildman–Crippen LogP) is 3.66. The van der Waals surface area contributed by atoms with E-state index in [0.29, 0.717) is 17.5 Å². The average molecular weight is 401 g/mol. The van der Waals surface area contributed by atoms with Crippen molar-refractivity contribution in [2.24, 2.45) is 0 Å². The number of hydrogen-bond acceptors (Lipinski definition) is 3. The van der Waals surface area contributed by atoms with E-state index in [1.165, 1.54) is 0 Å². The number of aliphatic carboxylic acids is 1. The molecule has 152 valence electrons. The predicted molar refractivity (Wildman–Crippen MR) is 114 cm³/mol. The van der Waals surface area contributed by atoms with Crippen LogP contribution in [-0.2, 0) is 22.4 Å². The lowest BCUT2D eigenvalue weighted by Crippen LogP contribution is -2.42. The number of aryl methyl sites for hydroxylation is 1. The molecule has 1 amide bonds. The molecular formula is C25H23NO4. The van der Waals surface area contributed by atoms with Crippen molar-refractivity contribution < 1.29 is 19.5 Å². The summed E-state index contributed by atoms with van der Waals surface area (Å²) in [6.45, 7) is 0. The fourth-order valence-electron chi connectivity index (χ4n) is 3.15. The summed E-state index contributed by atoms with van der Waals surface area (Å²) >= 11 is 0. The molecular weight excluding hydrogens is 378 g/mol. The number of carboxylic acid groups (broad SMARTS) is 1. The number of hydrogen-bond donors (Lipinski definition) is 2. The van der Waals surface area contributed by atoms with Crippen LogP contribution in [0.5, 0.6) is 0 Å². The minimum Gasteiger partial charge on any atom is -0.480 e. The first-order chi connectivity index (χ1) is 14.5. The number of rotatable bonds is 9. The molecule has 0 aliphatic rings. The Morgan fingerprint density at radius 1 is 0.733 bits per heavy atom. The molecule has 0 fully saturated rings. The van der Waals surface area contributed by atoms with Gasteiger partial charge in [-0.05, 0) is 17.5 Å². The highest BCUT2D eigenvalue weighted by molar-refractivity contribution is 6.08. The van der Waals surface area contributed by atoms with E-state index in [1.807, 2.05) is 36.4 Å². The van der Waals surface area contributed by atoms with Gasteiger partial charge >= 0.3 is 5.97 Å². The van der Waals surface area contributed by atoms with Crippen LogP contribution in [0.15, 0.2) is 84.9 Å². The zero-order valence-corrected chi connectivity index (χ0v) is 16.5. The van der Waals surface area contributed by atoms with Crippen molar-refractivity contribution in [2.45, 2.75) is 25.3 Å². The number of carboxylic acids is 1. The molecule has 0 aliphatic heterocycles. The molecule has 0 saturated heterocycles. The summed E-state index contributed by atoms with van der Waals surface area (Å²) in [7, 11) is 0. The smallest absolute Gasteiger partial charge is 0.326 e. The monoisotopic (exact) mass is 401 g/mol. The SMILES string of the molecule is O=C(CCc1ccccc1)N[C@H](Cc1ccc(C(=O)c2ccccc2)cc1)C(=O)O. The molecule has 3 rings (SSSR count). The van der Waals surface area contributed by atoms with E-state index in [9.17, 15) is 19.5 Å². The van der Waals surface area contributed by atoms with Crippen LogP contribution in [0.3, 0.4) is 0 Å². The first-order valence-corrected chi connectivity index (χ1v) is 9.77. The third-order valence-electron chi connectivity index (χ3n) is 4.81. The Hall–Kier alpha value is -3.73. The standard InChI is InChI=1S/C25H23NO4/c27-23(16-13-18-7-3-1-4-8-18)26-22(25(29)30)17-19-11-14-21(15-12-19)24(28)20-9-5-2-6-10-20/h1-12,14-15,22H,13,16-17H2,(H,26,27)(H,29,30)/t22-/m1/s1. The molecule has 0 unspecified atom stereocenters. The molecule has 0 heterocycles. The Morgan fingerprint density at radius 3 is 1.90 bits per heavy atom. The van der Waals surface area contributed by atoms with Gasteiger partial charge in [-0.3, -0.25) is 9.59 Å². The van der Waals surface area contributed by atoms with Crippen LogP contribution in [0.25, 0.3) is 0 Å². The second-order valence-corrected chi connectivity index (χ2v) is 7.04. The summed E-state index contributed by atoms with van der Waals surface area (Å²) in [6, 6.07) is 24.3. The van der Waals surface area contributed by atoms with E-state index in [1.54, 1.807) is 48.5 Å². The molecule has 0 aromatic heterocycles. The normalized spacial score (nSPS) is 11.5. The Morgan fingerprint density at radius 2 is 1.30 bits per heavy atom. The lowest BCUT2D eigenvalue weighted by molar-refractivity contribution is -0.141. The molecule has 0 radical (unpaired) electrons. The van der Waals surface area contributed by atoms with Crippen molar-refractivity contribution in [3.8, 4) is 0 Å².